The van der Waals surface area contributed by atoms with Crippen LogP contribution in [0.5, 0.6) is 11.5 Å². The molecule has 2 rings (SSSR count). The number of aliphatic hydroxyl groups excluding tert-OH is 1. The third-order valence-corrected chi connectivity index (χ3v) is 5.84. The highest BCUT2D eigenvalue weighted by Crippen LogP contribution is 2.45. The second-order valence-electron chi connectivity index (χ2n) is 7.79. The molecule has 1 aromatic carbocycles. The zero-order valence-corrected chi connectivity index (χ0v) is 17.7. The minimum Gasteiger partial charge on any atom is -0.494 e. The summed E-state index contributed by atoms with van der Waals surface area (Å²) in [5, 5.41) is 10.7. The van der Waals surface area contributed by atoms with Gasteiger partial charge in [-0.05, 0) is 38.5 Å². The second kappa shape index (κ2) is 8.66. The number of rotatable bonds is 7. The van der Waals surface area contributed by atoms with Crippen LogP contribution < -0.4 is 9.47 Å². The van der Waals surface area contributed by atoms with Crippen LogP contribution >= 0.6 is 0 Å². The third kappa shape index (κ3) is 6.88. The number of alkyl halides is 6. The number of ether oxygens (including phenoxy) is 2. The molecule has 0 amide bonds. The van der Waals surface area contributed by atoms with Gasteiger partial charge < -0.3 is 14.6 Å². The van der Waals surface area contributed by atoms with E-state index in [1.165, 1.54) is 32.0 Å². The molecule has 1 aliphatic heterocycles. The molecule has 6 nitrogen and oxygen atoms in total. The third-order valence-electron chi connectivity index (χ3n) is 4.63. The fourth-order valence-electron chi connectivity index (χ4n) is 3.21. The van der Waals surface area contributed by atoms with Crippen molar-refractivity contribution in [3.63, 3.8) is 0 Å². The maximum atomic E-state index is 13.1. The van der Waals surface area contributed by atoms with Crippen LogP contribution in [0, 0.1) is 0 Å². The molecular formula is C18H23F6NO5S. The monoisotopic (exact) mass is 479 g/mol. The predicted molar refractivity (Wildman–Crippen MR) is 98.3 cm³/mol. The van der Waals surface area contributed by atoms with Crippen molar-refractivity contribution >= 4 is 10.0 Å². The van der Waals surface area contributed by atoms with E-state index < -0.39 is 53.1 Å². The molecule has 1 aliphatic rings. The van der Waals surface area contributed by atoms with Gasteiger partial charge in [0.15, 0.2) is 0 Å². The number of hydrogen-bond donors (Lipinski definition) is 1. The smallest absolute Gasteiger partial charge is 0.402 e. The van der Waals surface area contributed by atoms with Crippen molar-refractivity contribution < 1.29 is 49.3 Å². The molecule has 13 heteroatoms. The van der Waals surface area contributed by atoms with Gasteiger partial charge in [0.2, 0.25) is 10.0 Å². The number of benzene rings is 1. The van der Waals surface area contributed by atoms with Crippen LogP contribution in [0.25, 0.3) is 0 Å². The van der Waals surface area contributed by atoms with Crippen LogP contribution in [0.2, 0.25) is 0 Å². The van der Waals surface area contributed by atoms with Crippen molar-refractivity contribution in [2.75, 3.05) is 19.4 Å². The summed E-state index contributed by atoms with van der Waals surface area (Å²) in [4.78, 5) is 0. The van der Waals surface area contributed by atoms with Gasteiger partial charge in [-0.2, -0.15) is 30.6 Å². The molecule has 0 spiro atoms. The highest BCUT2D eigenvalue weighted by Gasteiger charge is 2.50. The summed E-state index contributed by atoms with van der Waals surface area (Å²) in [7, 11) is -4.44. The van der Waals surface area contributed by atoms with Gasteiger partial charge in [0, 0.05) is 12.0 Å². The van der Waals surface area contributed by atoms with Gasteiger partial charge in [-0.15, -0.1) is 0 Å². The standard InChI is InChI=1S/C18H23F6NO5S/c1-16(2)15(26)14(25(31(3,27)28)10-18(22,23)24)12-9-11(5-6-13(12)30-16)29-8-4-7-17(19,20)21/h5-6,9,14-15,26H,4,7-8,10H2,1-3H3/t14-,15+/m1/s1. The number of halogens is 6. The van der Waals surface area contributed by atoms with Crippen LogP contribution in [0.1, 0.15) is 38.3 Å². The zero-order valence-electron chi connectivity index (χ0n) is 16.9. The molecule has 31 heavy (non-hydrogen) atoms. The topological polar surface area (TPSA) is 76.1 Å². The van der Waals surface area contributed by atoms with Crippen LogP contribution in [0.15, 0.2) is 18.2 Å². The number of hydrogen-bond acceptors (Lipinski definition) is 5. The van der Waals surface area contributed by atoms with Gasteiger partial charge in [0.1, 0.15) is 29.7 Å². The Morgan fingerprint density at radius 3 is 2.29 bits per heavy atom. The van der Waals surface area contributed by atoms with E-state index in [0.29, 0.717) is 6.26 Å². The number of fused-ring (bicyclic) bond motifs is 1. The number of aliphatic hydroxyl groups is 1. The lowest BCUT2D eigenvalue weighted by Gasteiger charge is -2.45. The Labute approximate surface area is 175 Å². The minimum atomic E-state index is -4.89. The molecule has 1 aromatic rings. The largest absolute Gasteiger partial charge is 0.494 e. The normalized spacial score (nSPS) is 21.5. The molecule has 0 saturated heterocycles. The molecule has 1 N–H and O–H groups in total. The average molecular weight is 479 g/mol. The summed E-state index contributed by atoms with van der Waals surface area (Å²) in [5.41, 5.74) is -1.52. The maximum absolute atomic E-state index is 13.1. The first-order valence-corrected chi connectivity index (χ1v) is 11.0. The molecule has 0 unspecified atom stereocenters. The Morgan fingerprint density at radius 1 is 1.16 bits per heavy atom. The van der Waals surface area contributed by atoms with Crippen LogP contribution in [0.4, 0.5) is 26.3 Å². The summed E-state index contributed by atoms with van der Waals surface area (Å²) in [6, 6.07) is 2.16. The highest BCUT2D eigenvalue weighted by molar-refractivity contribution is 7.88. The van der Waals surface area contributed by atoms with Crippen molar-refractivity contribution in [3.8, 4) is 11.5 Å². The SMILES string of the molecule is CC1(C)Oc2ccc(OCCCC(F)(F)F)cc2[C@@H](N(CC(F)(F)F)S(C)(=O)=O)[C@@H]1O. The van der Waals surface area contributed by atoms with Crippen molar-refractivity contribution in [2.24, 2.45) is 0 Å². The number of sulfonamides is 1. The van der Waals surface area contributed by atoms with E-state index in [-0.39, 0.29) is 34.4 Å². The lowest BCUT2D eigenvalue weighted by Crippen LogP contribution is -2.55. The first kappa shape index (κ1) is 25.5. The molecular weight excluding hydrogens is 456 g/mol. The summed E-state index contributed by atoms with van der Waals surface area (Å²) in [6.45, 7) is 0.613. The van der Waals surface area contributed by atoms with Crippen LogP contribution in [-0.4, -0.2) is 61.3 Å². The molecule has 1 heterocycles. The van der Waals surface area contributed by atoms with Gasteiger partial charge in [-0.3, -0.25) is 0 Å². The average Bonchev–Trinajstić information content (AvgIpc) is 2.56. The fraction of sp³-hybridized carbons (Fsp3) is 0.667. The first-order chi connectivity index (χ1) is 13.9. The van der Waals surface area contributed by atoms with Gasteiger partial charge in [0.25, 0.3) is 0 Å². The molecule has 0 radical (unpaired) electrons. The van der Waals surface area contributed by atoms with Gasteiger partial charge in [0.05, 0.1) is 18.9 Å². The van der Waals surface area contributed by atoms with E-state index in [4.69, 9.17) is 9.47 Å². The van der Waals surface area contributed by atoms with Crippen molar-refractivity contribution in [1.82, 2.24) is 4.31 Å². The Kier molecular flexibility index (Phi) is 7.13. The predicted octanol–water partition coefficient (Wildman–Crippen LogP) is 3.80. The molecule has 178 valence electrons. The van der Waals surface area contributed by atoms with Gasteiger partial charge in [-0.25, -0.2) is 8.42 Å². The van der Waals surface area contributed by atoms with E-state index in [1.54, 1.807) is 0 Å². The Bertz CT molecular complexity index is 884. The summed E-state index contributed by atoms with van der Waals surface area (Å²) < 4.78 is 112. The summed E-state index contributed by atoms with van der Waals surface area (Å²) in [5.74, 6) is 0.0284. The second-order valence-corrected chi connectivity index (χ2v) is 9.72. The van der Waals surface area contributed by atoms with E-state index in [2.05, 4.69) is 0 Å². The van der Waals surface area contributed by atoms with Gasteiger partial charge >= 0.3 is 12.4 Å². The Balaban J connectivity index is 2.42. The van der Waals surface area contributed by atoms with E-state index in [1.807, 2.05) is 0 Å². The molecule has 0 aliphatic carbocycles. The minimum absolute atomic E-state index is 0.00175. The van der Waals surface area contributed by atoms with Gasteiger partial charge in [-0.1, -0.05) is 0 Å². The molecule has 0 fully saturated rings. The zero-order chi connectivity index (χ0) is 23.8. The quantitative estimate of drug-likeness (QED) is 0.476. The lowest BCUT2D eigenvalue weighted by atomic mass is 9.86. The molecule has 2 atom stereocenters. The van der Waals surface area contributed by atoms with E-state index in [0.717, 1.165) is 0 Å². The highest BCUT2D eigenvalue weighted by atomic mass is 32.2. The first-order valence-electron chi connectivity index (χ1n) is 9.15. The molecule has 0 aromatic heterocycles. The van der Waals surface area contributed by atoms with Crippen molar-refractivity contribution in [2.45, 2.75) is 56.8 Å². The lowest BCUT2D eigenvalue weighted by molar-refractivity contribution is -0.152. The Morgan fingerprint density at radius 2 is 1.77 bits per heavy atom. The van der Waals surface area contributed by atoms with Crippen molar-refractivity contribution in [3.05, 3.63) is 23.8 Å². The summed E-state index contributed by atoms with van der Waals surface area (Å²) in [6.07, 6.45) is -11.8. The van der Waals surface area contributed by atoms with Crippen LogP contribution in [-0.2, 0) is 10.0 Å². The fourth-order valence-corrected chi connectivity index (χ4v) is 4.23. The van der Waals surface area contributed by atoms with Crippen molar-refractivity contribution in [1.29, 1.82) is 0 Å². The van der Waals surface area contributed by atoms with E-state index >= 15 is 0 Å². The summed E-state index contributed by atoms with van der Waals surface area (Å²) >= 11 is 0. The molecule has 0 saturated carbocycles. The maximum Gasteiger partial charge on any atom is 0.402 e. The van der Waals surface area contributed by atoms with Crippen LogP contribution in [0.3, 0.4) is 0 Å². The Hall–Kier alpha value is -1.73. The van der Waals surface area contributed by atoms with E-state index in [9.17, 15) is 39.9 Å². The number of nitrogens with zero attached hydrogens (tertiary/aromatic N) is 1. The molecule has 0 bridgehead atoms.